The Hall–Kier alpha value is -1.82. The average Bonchev–Trinajstić information content (AvgIpc) is 2.64. The smallest absolute Gasteiger partial charge is 0.154 e. The molecule has 0 aliphatic heterocycles. The molecule has 84 valence electrons. The molecule has 1 aromatic carbocycles. The molecule has 0 spiro atoms. The van der Waals surface area contributed by atoms with Gasteiger partial charge in [-0.3, -0.25) is 0 Å². The summed E-state index contributed by atoms with van der Waals surface area (Å²) in [5, 5.41) is 3.84. The van der Waals surface area contributed by atoms with Crippen LogP contribution in [-0.4, -0.2) is 9.78 Å². The highest BCUT2D eigenvalue weighted by molar-refractivity contribution is 5.35. The molecule has 0 aliphatic carbocycles. The standard InChI is InChI=1S/C10H8F3N3/c11-6-3-8(12)10(9(13)4-6)16-2-1-7(5-14)15-16/h1-4H,5,14H2. The first kappa shape index (κ1) is 10.7. The molecule has 0 atom stereocenters. The molecule has 0 radical (unpaired) electrons. The van der Waals surface area contributed by atoms with Gasteiger partial charge < -0.3 is 5.73 Å². The van der Waals surface area contributed by atoms with Crippen molar-refractivity contribution in [1.82, 2.24) is 9.78 Å². The van der Waals surface area contributed by atoms with Crippen molar-refractivity contribution in [1.29, 1.82) is 0 Å². The predicted octanol–water partition coefficient (Wildman–Crippen LogP) is 1.75. The van der Waals surface area contributed by atoms with Gasteiger partial charge in [0.2, 0.25) is 0 Å². The molecule has 0 fully saturated rings. The zero-order valence-corrected chi connectivity index (χ0v) is 8.12. The van der Waals surface area contributed by atoms with Gasteiger partial charge in [-0.05, 0) is 6.07 Å². The minimum absolute atomic E-state index is 0.164. The van der Waals surface area contributed by atoms with Crippen molar-refractivity contribution < 1.29 is 13.2 Å². The Balaban J connectivity index is 2.55. The van der Waals surface area contributed by atoms with Crippen molar-refractivity contribution >= 4 is 0 Å². The summed E-state index contributed by atoms with van der Waals surface area (Å²) in [6.45, 7) is 0.164. The highest BCUT2D eigenvalue weighted by Crippen LogP contribution is 2.18. The van der Waals surface area contributed by atoms with Crippen LogP contribution in [0.3, 0.4) is 0 Å². The quantitative estimate of drug-likeness (QED) is 0.849. The molecule has 2 rings (SSSR count). The summed E-state index contributed by atoms with van der Waals surface area (Å²) in [7, 11) is 0. The first-order valence-electron chi connectivity index (χ1n) is 4.51. The summed E-state index contributed by atoms with van der Waals surface area (Å²) >= 11 is 0. The Labute approximate surface area is 89.3 Å². The largest absolute Gasteiger partial charge is 0.325 e. The fourth-order valence-electron chi connectivity index (χ4n) is 1.35. The first-order valence-corrected chi connectivity index (χ1v) is 4.51. The number of rotatable bonds is 2. The number of halogens is 3. The van der Waals surface area contributed by atoms with Crippen molar-refractivity contribution in [3.63, 3.8) is 0 Å². The maximum absolute atomic E-state index is 13.3. The second kappa shape index (κ2) is 3.97. The van der Waals surface area contributed by atoms with E-state index in [0.29, 0.717) is 17.8 Å². The molecule has 6 heteroatoms. The van der Waals surface area contributed by atoms with Crippen LogP contribution in [0.25, 0.3) is 5.69 Å². The summed E-state index contributed by atoms with van der Waals surface area (Å²) < 4.78 is 40.3. The molecule has 0 bridgehead atoms. The number of hydrogen-bond acceptors (Lipinski definition) is 2. The van der Waals surface area contributed by atoms with Gasteiger partial charge in [0.25, 0.3) is 0 Å². The van der Waals surface area contributed by atoms with Crippen molar-refractivity contribution in [3.05, 3.63) is 47.5 Å². The number of hydrogen-bond donors (Lipinski definition) is 1. The lowest BCUT2D eigenvalue weighted by molar-refractivity contribution is 0.527. The van der Waals surface area contributed by atoms with Gasteiger partial charge in [0.15, 0.2) is 11.6 Å². The highest BCUT2D eigenvalue weighted by Gasteiger charge is 2.14. The van der Waals surface area contributed by atoms with Crippen molar-refractivity contribution in [2.24, 2.45) is 5.73 Å². The maximum atomic E-state index is 13.3. The lowest BCUT2D eigenvalue weighted by atomic mass is 10.3. The van der Waals surface area contributed by atoms with E-state index in [1.807, 2.05) is 0 Å². The van der Waals surface area contributed by atoms with Gasteiger partial charge in [-0.15, -0.1) is 0 Å². The van der Waals surface area contributed by atoms with E-state index in [1.165, 1.54) is 12.3 Å². The zero-order chi connectivity index (χ0) is 11.7. The molecule has 0 aliphatic rings. The fourth-order valence-corrected chi connectivity index (χ4v) is 1.35. The fraction of sp³-hybridized carbons (Fsp3) is 0.100. The van der Waals surface area contributed by atoms with Gasteiger partial charge in [0.05, 0.1) is 5.69 Å². The topological polar surface area (TPSA) is 43.8 Å². The summed E-state index contributed by atoms with van der Waals surface area (Å²) in [4.78, 5) is 0. The van der Waals surface area contributed by atoms with Crippen molar-refractivity contribution in [2.45, 2.75) is 6.54 Å². The average molecular weight is 227 g/mol. The number of aromatic nitrogens is 2. The molecule has 1 aromatic heterocycles. The van der Waals surface area contributed by atoms with Crippen LogP contribution in [0.4, 0.5) is 13.2 Å². The number of nitrogens with two attached hydrogens (primary N) is 1. The van der Waals surface area contributed by atoms with Gasteiger partial charge in [0, 0.05) is 24.9 Å². The summed E-state index contributed by atoms with van der Waals surface area (Å²) in [6, 6.07) is 2.73. The lowest BCUT2D eigenvalue weighted by Crippen LogP contribution is -2.05. The molecule has 0 saturated heterocycles. The van der Waals surface area contributed by atoms with Gasteiger partial charge >= 0.3 is 0 Å². The summed E-state index contributed by atoms with van der Waals surface area (Å²) in [5.41, 5.74) is 5.39. The minimum Gasteiger partial charge on any atom is -0.325 e. The monoisotopic (exact) mass is 227 g/mol. The molecule has 0 unspecified atom stereocenters. The summed E-state index contributed by atoms with van der Waals surface area (Å²) in [5.74, 6) is -2.99. The SMILES string of the molecule is NCc1ccn(-c2c(F)cc(F)cc2F)n1. The second-order valence-corrected chi connectivity index (χ2v) is 3.17. The van der Waals surface area contributed by atoms with E-state index in [1.54, 1.807) is 0 Å². The van der Waals surface area contributed by atoms with E-state index in [2.05, 4.69) is 5.10 Å². The van der Waals surface area contributed by atoms with Gasteiger partial charge in [-0.2, -0.15) is 5.10 Å². The molecular weight excluding hydrogens is 219 g/mol. The van der Waals surface area contributed by atoms with Gasteiger partial charge in [0.1, 0.15) is 11.5 Å². The van der Waals surface area contributed by atoms with E-state index >= 15 is 0 Å². The Morgan fingerprint density at radius 2 is 1.81 bits per heavy atom. The van der Waals surface area contributed by atoms with Crippen LogP contribution < -0.4 is 5.73 Å². The molecule has 1 heterocycles. The van der Waals surface area contributed by atoms with Gasteiger partial charge in [-0.1, -0.05) is 0 Å². The van der Waals surface area contributed by atoms with E-state index < -0.39 is 23.1 Å². The molecular formula is C10H8F3N3. The van der Waals surface area contributed by atoms with E-state index in [4.69, 9.17) is 5.73 Å². The Kier molecular flexibility index (Phi) is 2.66. The van der Waals surface area contributed by atoms with Gasteiger partial charge in [-0.25, -0.2) is 17.9 Å². The molecule has 0 saturated carbocycles. The third-order valence-corrected chi connectivity index (χ3v) is 2.06. The number of benzene rings is 1. The van der Waals surface area contributed by atoms with E-state index in [9.17, 15) is 13.2 Å². The van der Waals surface area contributed by atoms with E-state index in [0.717, 1.165) is 4.68 Å². The molecule has 2 N–H and O–H groups in total. The molecule has 2 aromatic rings. The summed E-state index contributed by atoms with van der Waals surface area (Å²) in [6.07, 6.45) is 1.36. The van der Waals surface area contributed by atoms with E-state index in [-0.39, 0.29) is 6.54 Å². The van der Waals surface area contributed by atoms with Crippen LogP contribution >= 0.6 is 0 Å². The lowest BCUT2D eigenvalue weighted by Gasteiger charge is -2.04. The van der Waals surface area contributed by atoms with Crippen LogP contribution in [0.1, 0.15) is 5.69 Å². The Morgan fingerprint density at radius 1 is 1.19 bits per heavy atom. The Morgan fingerprint density at radius 3 is 2.31 bits per heavy atom. The zero-order valence-electron chi connectivity index (χ0n) is 8.12. The maximum Gasteiger partial charge on any atom is 0.154 e. The van der Waals surface area contributed by atoms with Crippen LogP contribution in [0.15, 0.2) is 24.4 Å². The third-order valence-electron chi connectivity index (χ3n) is 2.06. The van der Waals surface area contributed by atoms with Crippen LogP contribution in [0, 0.1) is 17.5 Å². The predicted molar refractivity (Wildman–Crippen MR) is 51.3 cm³/mol. The van der Waals surface area contributed by atoms with Crippen molar-refractivity contribution in [2.75, 3.05) is 0 Å². The second-order valence-electron chi connectivity index (χ2n) is 3.17. The minimum atomic E-state index is -1.01. The highest BCUT2D eigenvalue weighted by atomic mass is 19.1. The Bertz CT molecular complexity index is 499. The molecule has 16 heavy (non-hydrogen) atoms. The normalized spacial score (nSPS) is 10.8. The molecule has 0 amide bonds. The third kappa shape index (κ3) is 1.79. The number of nitrogens with zero attached hydrogens (tertiary/aromatic N) is 2. The van der Waals surface area contributed by atoms with Crippen molar-refractivity contribution in [3.8, 4) is 5.69 Å². The first-order chi connectivity index (χ1) is 7.61. The molecule has 3 nitrogen and oxygen atoms in total. The van der Waals surface area contributed by atoms with Crippen LogP contribution in [0.2, 0.25) is 0 Å². The van der Waals surface area contributed by atoms with Crippen LogP contribution in [-0.2, 0) is 6.54 Å². The van der Waals surface area contributed by atoms with Crippen LogP contribution in [0.5, 0.6) is 0 Å².